The SMILES string of the molecule is Cc1nc(CSc2ccc(C(=O)NC3(C)CCS(=O)(=O)C3)cc2)cs1. The van der Waals surface area contributed by atoms with Crippen LogP contribution in [0.2, 0.25) is 0 Å². The summed E-state index contributed by atoms with van der Waals surface area (Å²) < 4.78 is 23.3. The molecule has 1 amide bonds. The van der Waals surface area contributed by atoms with E-state index in [0.29, 0.717) is 12.0 Å². The number of amides is 1. The van der Waals surface area contributed by atoms with Gasteiger partial charge in [-0.25, -0.2) is 13.4 Å². The first-order chi connectivity index (χ1) is 11.7. The largest absolute Gasteiger partial charge is 0.346 e. The summed E-state index contributed by atoms with van der Waals surface area (Å²) in [7, 11) is -3.04. The zero-order valence-corrected chi connectivity index (χ0v) is 16.6. The molecular weight excluding hydrogens is 376 g/mol. The Morgan fingerprint density at radius 3 is 2.64 bits per heavy atom. The summed E-state index contributed by atoms with van der Waals surface area (Å²) in [5.74, 6) is 0.708. The number of hydrogen-bond donors (Lipinski definition) is 1. The molecule has 1 aromatic carbocycles. The van der Waals surface area contributed by atoms with Crippen molar-refractivity contribution in [2.45, 2.75) is 36.5 Å². The molecule has 1 saturated heterocycles. The van der Waals surface area contributed by atoms with Crippen LogP contribution in [0.5, 0.6) is 0 Å². The molecule has 1 atom stereocenters. The Bertz CT molecular complexity index is 875. The average molecular weight is 397 g/mol. The number of sulfone groups is 1. The first-order valence-electron chi connectivity index (χ1n) is 7.92. The van der Waals surface area contributed by atoms with Crippen molar-refractivity contribution in [3.8, 4) is 0 Å². The van der Waals surface area contributed by atoms with Crippen LogP contribution in [0.4, 0.5) is 0 Å². The second-order valence-corrected chi connectivity index (χ2v) is 10.8. The van der Waals surface area contributed by atoms with Crippen molar-refractivity contribution in [2.75, 3.05) is 11.5 Å². The van der Waals surface area contributed by atoms with Gasteiger partial charge in [0.15, 0.2) is 9.84 Å². The summed E-state index contributed by atoms with van der Waals surface area (Å²) in [5.41, 5.74) is 0.926. The minimum absolute atomic E-state index is 0.00668. The third-order valence-corrected chi connectivity index (χ3v) is 7.86. The Kier molecular flexibility index (Phi) is 5.22. The van der Waals surface area contributed by atoms with Crippen molar-refractivity contribution < 1.29 is 13.2 Å². The molecule has 134 valence electrons. The van der Waals surface area contributed by atoms with E-state index in [-0.39, 0.29) is 17.4 Å². The number of nitrogens with zero attached hydrogens (tertiary/aromatic N) is 1. The molecule has 1 N–H and O–H groups in total. The van der Waals surface area contributed by atoms with Crippen molar-refractivity contribution in [1.82, 2.24) is 10.3 Å². The molecule has 2 heterocycles. The van der Waals surface area contributed by atoms with E-state index in [9.17, 15) is 13.2 Å². The zero-order valence-electron chi connectivity index (χ0n) is 14.1. The van der Waals surface area contributed by atoms with Crippen molar-refractivity contribution in [3.05, 3.63) is 45.9 Å². The van der Waals surface area contributed by atoms with E-state index in [2.05, 4.69) is 15.7 Å². The highest BCUT2D eigenvalue weighted by Gasteiger charge is 2.39. The Morgan fingerprint density at radius 2 is 2.08 bits per heavy atom. The lowest BCUT2D eigenvalue weighted by atomic mass is 10.0. The van der Waals surface area contributed by atoms with Gasteiger partial charge in [0, 0.05) is 21.6 Å². The minimum Gasteiger partial charge on any atom is -0.346 e. The highest BCUT2D eigenvalue weighted by atomic mass is 32.2. The van der Waals surface area contributed by atoms with Crippen LogP contribution >= 0.6 is 23.1 Å². The zero-order chi connectivity index (χ0) is 18.1. The quantitative estimate of drug-likeness (QED) is 0.786. The average Bonchev–Trinajstić information content (AvgIpc) is 3.08. The molecule has 0 spiro atoms. The van der Waals surface area contributed by atoms with Gasteiger partial charge in [-0.2, -0.15) is 0 Å². The number of carbonyl (C=O) groups excluding carboxylic acids is 1. The molecule has 2 aromatic rings. The molecule has 0 radical (unpaired) electrons. The lowest BCUT2D eigenvalue weighted by molar-refractivity contribution is 0.0915. The predicted octanol–water partition coefficient (Wildman–Crippen LogP) is 3.05. The van der Waals surface area contributed by atoms with Gasteiger partial charge in [-0.05, 0) is 44.5 Å². The van der Waals surface area contributed by atoms with Gasteiger partial charge < -0.3 is 5.32 Å². The lowest BCUT2D eigenvalue weighted by Crippen LogP contribution is -2.46. The number of aromatic nitrogens is 1. The van der Waals surface area contributed by atoms with E-state index in [4.69, 9.17) is 0 Å². The predicted molar refractivity (Wildman–Crippen MR) is 102 cm³/mol. The Balaban J connectivity index is 1.59. The van der Waals surface area contributed by atoms with Crippen LogP contribution in [0, 0.1) is 6.92 Å². The molecule has 8 heteroatoms. The first-order valence-corrected chi connectivity index (χ1v) is 11.6. The topological polar surface area (TPSA) is 76.1 Å². The molecule has 1 aliphatic heterocycles. The second kappa shape index (κ2) is 7.09. The monoisotopic (exact) mass is 396 g/mol. The maximum Gasteiger partial charge on any atom is 0.251 e. The third-order valence-electron chi connectivity index (χ3n) is 4.09. The normalized spacial score (nSPS) is 22.0. The van der Waals surface area contributed by atoms with Crippen LogP contribution < -0.4 is 5.32 Å². The summed E-state index contributed by atoms with van der Waals surface area (Å²) in [6.07, 6.45) is 0.460. The number of nitrogens with one attached hydrogen (secondary N) is 1. The molecule has 3 rings (SSSR count). The van der Waals surface area contributed by atoms with Gasteiger partial charge in [0.1, 0.15) is 0 Å². The van der Waals surface area contributed by atoms with Crippen LogP contribution in [-0.2, 0) is 15.6 Å². The standard InChI is InChI=1S/C17H20N2O3S3/c1-12-18-14(9-23-12)10-24-15-5-3-13(4-6-15)16(20)19-17(2)7-8-25(21,22)11-17/h3-6,9H,7-8,10-11H2,1-2H3,(H,19,20). The fourth-order valence-electron chi connectivity index (χ4n) is 2.79. The molecule has 0 aliphatic carbocycles. The smallest absolute Gasteiger partial charge is 0.251 e. The summed E-state index contributed by atoms with van der Waals surface area (Å²) in [6, 6.07) is 7.37. The molecule has 1 aromatic heterocycles. The molecular formula is C17H20N2O3S3. The number of carbonyl (C=O) groups is 1. The molecule has 0 saturated carbocycles. The van der Waals surface area contributed by atoms with Crippen LogP contribution in [0.25, 0.3) is 0 Å². The van der Waals surface area contributed by atoms with Gasteiger partial charge >= 0.3 is 0 Å². The van der Waals surface area contributed by atoms with Gasteiger partial charge in [-0.1, -0.05) is 0 Å². The fraction of sp³-hybridized carbons (Fsp3) is 0.412. The summed E-state index contributed by atoms with van der Waals surface area (Å²) in [5, 5.41) is 5.99. The Labute approximate surface area is 156 Å². The molecule has 25 heavy (non-hydrogen) atoms. The van der Waals surface area contributed by atoms with E-state index in [1.165, 1.54) is 0 Å². The van der Waals surface area contributed by atoms with Gasteiger partial charge in [0.2, 0.25) is 0 Å². The first kappa shape index (κ1) is 18.4. The van der Waals surface area contributed by atoms with Crippen LogP contribution in [0.15, 0.2) is 34.5 Å². The molecule has 1 fully saturated rings. The highest BCUT2D eigenvalue weighted by molar-refractivity contribution is 7.98. The molecule has 1 unspecified atom stereocenters. The summed E-state index contributed by atoms with van der Waals surface area (Å²) in [6.45, 7) is 3.78. The number of hydrogen-bond acceptors (Lipinski definition) is 6. The van der Waals surface area contributed by atoms with E-state index in [0.717, 1.165) is 21.3 Å². The van der Waals surface area contributed by atoms with Gasteiger partial charge in [0.05, 0.1) is 27.7 Å². The number of aryl methyl sites for hydroxylation is 1. The maximum absolute atomic E-state index is 12.4. The van der Waals surface area contributed by atoms with Crippen molar-refractivity contribution in [1.29, 1.82) is 0 Å². The fourth-order valence-corrected chi connectivity index (χ4v) is 6.39. The van der Waals surface area contributed by atoms with E-state index < -0.39 is 15.4 Å². The molecule has 5 nitrogen and oxygen atoms in total. The Morgan fingerprint density at radius 1 is 1.36 bits per heavy atom. The van der Waals surface area contributed by atoms with Crippen LogP contribution in [0.1, 0.15) is 34.4 Å². The summed E-state index contributed by atoms with van der Waals surface area (Å²) >= 11 is 3.31. The van der Waals surface area contributed by atoms with E-state index in [1.54, 1.807) is 42.2 Å². The lowest BCUT2D eigenvalue weighted by Gasteiger charge is -2.23. The second-order valence-electron chi connectivity index (χ2n) is 6.53. The minimum atomic E-state index is -3.04. The Hall–Kier alpha value is -1.38. The number of rotatable bonds is 5. The summed E-state index contributed by atoms with van der Waals surface area (Å²) in [4.78, 5) is 17.9. The molecule has 1 aliphatic rings. The van der Waals surface area contributed by atoms with E-state index >= 15 is 0 Å². The molecule has 0 bridgehead atoms. The number of benzene rings is 1. The van der Waals surface area contributed by atoms with Gasteiger partial charge in [0.25, 0.3) is 5.91 Å². The van der Waals surface area contributed by atoms with Crippen LogP contribution in [-0.4, -0.2) is 36.4 Å². The van der Waals surface area contributed by atoms with E-state index in [1.807, 2.05) is 19.1 Å². The number of thioether (sulfide) groups is 1. The van der Waals surface area contributed by atoms with Crippen LogP contribution in [0.3, 0.4) is 0 Å². The van der Waals surface area contributed by atoms with Crippen molar-refractivity contribution >= 4 is 38.8 Å². The van der Waals surface area contributed by atoms with Gasteiger partial charge in [-0.15, -0.1) is 23.1 Å². The van der Waals surface area contributed by atoms with Crippen molar-refractivity contribution in [2.24, 2.45) is 0 Å². The van der Waals surface area contributed by atoms with Gasteiger partial charge in [-0.3, -0.25) is 4.79 Å². The third kappa shape index (κ3) is 4.83. The number of thiazole rings is 1. The maximum atomic E-state index is 12.4. The van der Waals surface area contributed by atoms with Crippen molar-refractivity contribution in [3.63, 3.8) is 0 Å². The highest BCUT2D eigenvalue weighted by Crippen LogP contribution is 2.25.